The first-order valence-electron chi connectivity index (χ1n) is 4.17. The summed E-state index contributed by atoms with van der Waals surface area (Å²) in [5.74, 6) is -1.46. The number of carbonyl (C=O) groups is 1. The maximum Gasteiger partial charge on any atom is 0.371 e. The molecule has 0 aliphatic heterocycles. The number of hydrogen-bond donors (Lipinski definition) is 2. The van der Waals surface area contributed by atoms with E-state index in [1.54, 1.807) is 0 Å². The molecule has 0 aliphatic carbocycles. The van der Waals surface area contributed by atoms with Crippen molar-refractivity contribution in [2.75, 3.05) is 0 Å². The monoisotopic (exact) mass is 241 g/mol. The molecule has 84 valence electrons. The smallest absolute Gasteiger partial charge is 0.371 e. The summed E-state index contributed by atoms with van der Waals surface area (Å²) in [6.45, 7) is 0. The fourth-order valence-corrected chi connectivity index (χ4v) is 1.85. The molecule has 16 heavy (non-hydrogen) atoms. The van der Waals surface area contributed by atoms with Crippen LogP contribution in [0.5, 0.6) is 0 Å². The molecule has 0 bridgehead atoms. The molecule has 0 radical (unpaired) electrons. The number of fused-ring (bicyclic) bond motifs is 1. The van der Waals surface area contributed by atoms with Gasteiger partial charge in [0.25, 0.3) is 0 Å². The molecule has 1 aromatic carbocycles. The summed E-state index contributed by atoms with van der Waals surface area (Å²) in [4.78, 5) is 10.5. The Bertz CT molecular complexity index is 670. The molecule has 0 amide bonds. The van der Waals surface area contributed by atoms with E-state index in [0.29, 0.717) is 11.0 Å². The van der Waals surface area contributed by atoms with Crippen molar-refractivity contribution in [2.45, 2.75) is 4.90 Å². The second-order valence-corrected chi connectivity index (χ2v) is 4.72. The first kappa shape index (κ1) is 10.7. The number of carboxylic acids is 1. The Morgan fingerprint density at radius 2 is 2.00 bits per heavy atom. The van der Waals surface area contributed by atoms with Gasteiger partial charge in [0, 0.05) is 5.39 Å². The highest BCUT2D eigenvalue weighted by Gasteiger charge is 2.13. The number of hydrogen-bond acceptors (Lipinski definition) is 4. The van der Waals surface area contributed by atoms with Gasteiger partial charge in [-0.1, -0.05) is 0 Å². The zero-order valence-corrected chi connectivity index (χ0v) is 8.69. The second-order valence-electron chi connectivity index (χ2n) is 3.16. The Hall–Kier alpha value is -1.86. The van der Waals surface area contributed by atoms with Crippen molar-refractivity contribution in [3.8, 4) is 0 Å². The highest BCUT2D eigenvalue weighted by molar-refractivity contribution is 7.89. The quantitative estimate of drug-likeness (QED) is 0.807. The summed E-state index contributed by atoms with van der Waals surface area (Å²) >= 11 is 0. The van der Waals surface area contributed by atoms with Crippen LogP contribution in [-0.2, 0) is 10.0 Å². The van der Waals surface area contributed by atoms with E-state index in [-0.39, 0.29) is 10.7 Å². The van der Waals surface area contributed by atoms with Gasteiger partial charge < -0.3 is 9.52 Å². The normalized spacial score (nSPS) is 11.8. The molecule has 0 aliphatic rings. The number of primary sulfonamides is 1. The van der Waals surface area contributed by atoms with Crippen LogP contribution in [0.2, 0.25) is 0 Å². The molecular formula is C9H7NO5S. The van der Waals surface area contributed by atoms with Crippen LogP contribution in [0.3, 0.4) is 0 Å². The van der Waals surface area contributed by atoms with Gasteiger partial charge in [0.05, 0.1) is 4.90 Å². The Kier molecular flexibility index (Phi) is 2.21. The van der Waals surface area contributed by atoms with Crippen LogP contribution < -0.4 is 5.14 Å². The van der Waals surface area contributed by atoms with Gasteiger partial charge in [-0.2, -0.15) is 0 Å². The molecule has 1 aromatic heterocycles. The summed E-state index contributed by atoms with van der Waals surface area (Å²) in [7, 11) is -3.79. The molecule has 0 spiro atoms. The molecule has 6 nitrogen and oxygen atoms in total. The number of sulfonamides is 1. The van der Waals surface area contributed by atoms with E-state index in [0.717, 1.165) is 0 Å². The van der Waals surface area contributed by atoms with Crippen molar-refractivity contribution >= 4 is 27.0 Å². The Labute approximate surface area is 90.3 Å². The van der Waals surface area contributed by atoms with E-state index in [1.807, 2.05) is 0 Å². The lowest BCUT2D eigenvalue weighted by atomic mass is 10.2. The second kappa shape index (κ2) is 3.32. The molecule has 0 atom stereocenters. The zero-order chi connectivity index (χ0) is 11.9. The third kappa shape index (κ3) is 1.77. The molecule has 0 unspecified atom stereocenters. The lowest BCUT2D eigenvalue weighted by molar-refractivity contribution is 0.0665. The number of benzene rings is 1. The molecular weight excluding hydrogens is 234 g/mol. The Morgan fingerprint density at radius 3 is 2.56 bits per heavy atom. The van der Waals surface area contributed by atoms with Crippen molar-refractivity contribution < 1.29 is 22.7 Å². The SMILES string of the molecule is NS(=O)(=O)c1ccc2oc(C(=O)O)cc2c1. The van der Waals surface area contributed by atoms with Crippen LogP contribution in [0.15, 0.2) is 33.6 Å². The van der Waals surface area contributed by atoms with Crippen molar-refractivity contribution in [1.29, 1.82) is 0 Å². The highest BCUT2D eigenvalue weighted by atomic mass is 32.2. The van der Waals surface area contributed by atoms with E-state index in [1.165, 1.54) is 24.3 Å². The number of furan rings is 1. The lowest BCUT2D eigenvalue weighted by Crippen LogP contribution is -2.11. The molecule has 2 rings (SSSR count). The highest BCUT2D eigenvalue weighted by Crippen LogP contribution is 2.22. The minimum atomic E-state index is -3.79. The van der Waals surface area contributed by atoms with E-state index in [9.17, 15) is 13.2 Å². The first-order valence-corrected chi connectivity index (χ1v) is 5.72. The first-order chi connectivity index (χ1) is 7.38. The number of aromatic carboxylic acids is 1. The van der Waals surface area contributed by atoms with E-state index in [2.05, 4.69) is 0 Å². The predicted molar refractivity (Wildman–Crippen MR) is 54.5 cm³/mol. The van der Waals surface area contributed by atoms with Crippen molar-refractivity contribution in [1.82, 2.24) is 0 Å². The maximum absolute atomic E-state index is 11.0. The minimum Gasteiger partial charge on any atom is -0.475 e. The van der Waals surface area contributed by atoms with E-state index < -0.39 is 16.0 Å². The number of rotatable bonds is 2. The van der Waals surface area contributed by atoms with Crippen LogP contribution in [0.4, 0.5) is 0 Å². The lowest BCUT2D eigenvalue weighted by Gasteiger charge is -1.96. The zero-order valence-electron chi connectivity index (χ0n) is 7.88. The van der Waals surface area contributed by atoms with Crippen molar-refractivity contribution in [2.24, 2.45) is 5.14 Å². The molecule has 1 heterocycles. The summed E-state index contributed by atoms with van der Waals surface area (Å²) in [6, 6.07) is 5.13. The Balaban J connectivity index is 2.67. The van der Waals surface area contributed by atoms with Crippen LogP contribution in [0.25, 0.3) is 11.0 Å². The number of carboxylic acid groups (broad SMARTS) is 1. The van der Waals surface area contributed by atoms with Gasteiger partial charge in [0.15, 0.2) is 0 Å². The molecule has 3 N–H and O–H groups in total. The van der Waals surface area contributed by atoms with Crippen molar-refractivity contribution in [3.63, 3.8) is 0 Å². The van der Waals surface area contributed by atoms with Gasteiger partial charge in [-0.3, -0.25) is 0 Å². The summed E-state index contributed by atoms with van der Waals surface area (Å²) in [5, 5.41) is 14.0. The molecule has 0 fully saturated rings. The standard InChI is InChI=1S/C9H7NO5S/c10-16(13,14)6-1-2-7-5(3-6)4-8(15-7)9(11)12/h1-4H,(H,11,12)(H2,10,13,14). The average molecular weight is 241 g/mol. The van der Waals surface area contributed by atoms with Crippen LogP contribution in [0.1, 0.15) is 10.6 Å². The summed E-state index contributed by atoms with van der Waals surface area (Å²) in [5.41, 5.74) is 0.296. The van der Waals surface area contributed by atoms with E-state index >= 15 is 0 Å². The van der Waals surface area contributed by atoms with Gasteiger partial charge in [-0.05, 0) is 24.3 Å². The van der Waals surface area contributed by atoms with Gasteiger partial charge in [0.1, 0.15) is 5.58 Å². The number of nitrogens with two attached hydrogens (primary N) is 1. The van der Waals surface area contributed by atoms with Gasteiger partial charge >= 0.3 is 5.97 Å². The molecule has 0 saturated heterocycles. The third-order valence-electron chi connectivity index (χ3n) is 2.03. The van der Waals surface area contributed by atoms with Crippen molar-refractivity contribution in [3.05, 3.63) is 30.0 Å². The molecule has 0 saturated carbocycles. The Morgan fingerprint density at radius 1 is 1.31 bits per heavy atom. The molecule has 2 aromatic rings. The molecule has 7 heteroatoms. The maximum atomic E-state index is 11.0. The van der Waals surface area contributed by atoms with Gasteiger partial charge in [-0.25, -0.2) is 18.4 Å². The summed E-state index contributed by atoms with van der Waals surface area (Å²) < 4.78 is 27.1. The van der Waals surface area contributed by atoms with Gasteiger partial charge in [0.2, 0.25) is 15.8 Å². The minimum absolute atomic E-state index is 0.0854. The fraction of sp³-hybridized carbons (Fsp3) is 0. The summed E-state index contributed by atoms with van der Waals surface area (Å²) in [6.07, 6.45) is 0. The van der Waals surface area contributed by atoms with E-state index in [4.69, 9.17) is 14.7 Å². The van der Waals surface area contributed by atoms with Crippen LogP contribution >= 0.6 is 0 Å². The van der Waals surface area contributed by atoms with Crippen LogP contribution in [0, 0.1) is 0 Å². The predicted octanol–water partition coefficient (Wildman–Crippen LogP) is 0.778. The van der Waals surface area contributed by atoms with Gasteiger partial charge in [-0.15, -0.1) is 0 Å². The topological polar surface area (TPSA) is 111 Å². The fourth-order valence-electron chi connectivity index (χ4n) is 1.30. The average Bonchev–Trinajstić information content (AvgIpc) is 2.58. The van der Waals surface area contributed by atoms with Crippen LogP contribution in [-0.4, -0.2) is 19.5 Å². The largest absolute Gasteiger partial charge is 0.475 e. The third-order valence-corrected chi connectivity index (χ3v) is 2.94.